The Morgan fingerprint density at radius 1 is 1.18 bits per heavy atom. The number of methoxy groups -OCH3 is 1. The molecule has 0 fully saturated rings. The first kappa shape index (κ1) is 23.9. The highest BCUT2D eigenvalue weighted by atomic mass is 35.5. The van der Waals surface area contributed by atoms with Crippen molar-refractivity contribution in [1.29, 1.82) is 0 Å². The van der Waals surface area contributed by atoms with Crippen LogP contribution in [-0.4, -0.2) is 33.9 Å². The van der Waals surface area contributed by atoms with Gasteiger partial charge in [0.25, 0.3) is 0 Å². The van der Waals surface area contributed by atoms with Crippen molar-refractivity contribution in [2.24, 2.45) is 0 Å². The van der Waals surface area contributed by atoms with Crippen LogP contribution < -0.4 is 14.8 Å². The second-order valence-electron chi connectivity index (χ2n) is 7.98. The van der Waals surface area contributed by atoms with Crippen LogP contribution in [0, 0.1) is 0 Å². The number of nitrogens with one attached hydrogen (secondary N) is 1. The summed E-state index contributed by atoms with van der Waals surface area (Å²) in [5, 5.41) is 8.53. The number of esters is 1. The van der Waals surface area contributed by atoms with Crippen molar-refractivity contribution >= 4 is 35.1 Å². The Labute approximate surface area is 207 Å². The van der Waals surface area contributed by atoms with Crippen LogP contribution in [0.2, 0.25) is 10.0 Å². The maximum atomic E-state index is 13.0. The number of ether oxygens (including phenoxy) is 3. The lowest BCUT2D eigenvalue weighted by molar-refractivity contribution is -0.143. The number of hydrogen-bond donors (Lipinski definition) is 1. The number of nitrogens with zero attached hydrogens (tertiary/aromatic N) is 3. The van der Waals surface area contributed by atoms with E-state index in [0.717, 1.165) is 11.1 Å². The van der Waals surface area contributed by atoms with Crippen molar-refractivity contribution in [3.63, 3.8) is 0 Å². The van der Waals surface area contributed by atoms with E-state index < -0.39 is 12.0 Å². The van der Waals surface area contributed by atoms with E-state index in [2.05, 4.69) is 15.4 Å². The van der Waals surface area contributed by atoms with E-state index in [-0.39, 0.29) is 12.7 Å². The van der Waals surface area contributed by atoms with Crippen LogP contribution in [0.4, 0.5) is 5.95 Å². The second-order valence-corrected chi connectivity index (χ2v) is 8.83. The van der Waals surface area contributed by atoms with Crippen LogP contribution in [0.3, 0.4) is 0 Å². The van der Waals surface area contributed by atoms with Gasteiger partial charge in [0.2, 0.25) is 5.95 Å². The molecule has 1 N–H and O–H groups in total. The van der Waals surface area contributed by atoms with Gasteiger partial charge in [-0.3, -0.25) is 0 Å². The number of hydrogen-bond acceptors (Lipinski definition) is 7. The van der Waals surface area contributed by atoms with Crippen LogP contribution >= 0.6 is 23.2 Å². The van der Waals surface area contributed by atoms with Gasteiger partial charge in [-0.15, -0.1) is 0 Å². The van der Waals surface area contributed by atoms with E-state index in [4.69, 9.17) is 37.4 Å². The molecule has 34 heavy (non-hydrogen) atoms. The van der Waals surface area contributed by atoms with Crippen LogP contribution in [-0.2, 0) is 16.1 Å². The minimum absolute atomic E-state index is 0.233. The molecule has 0 radical (unpaired) electrons. The van der Waals surface area contributed by atoms with E-state index in [9.17, 15) is 4.79 Å². The fourth-order valence-corrected chi connectivity index (χ4v) is 4.17. The minimum atomic E-state index is -0.557. The Bertz CT molecular complexity index is 1260. The fourth-order valence-electron chi connectivity index (χ4n) is 3.71. The molecule has 1 unspecified atom stereocenters. The molecule has 1 aromatic heterocycles. The lowest BCUT2D eigenvalue weighted by Crippen LogP contribution is -2.30. The Hall–Kier alpha value is -3.23. The zero-order valence-electron chi connectivity index (χ0n) is 19.1. The maximum absolute atomic E-state index is 13.0. The molecular weight excluding hydrogens is 479 g/mol. The SMILES string of the molecule is COc1cc(C2C(C(=O)OC(C)C)=C(C)Nc3ncnn32)ccc1OCc1ccc(Cl)cc1Cl. The molecule has 0 amide bonds. The first-order chi connectivity index (χ1) is 16.3. The first-order valence-electron chi connectivity index (χ1n) is 10.6. The highest BCUT2D eigenvalue weighted by molar-refractivity contribution is 6.35. The lowest BCUT2D eigenvalue weighted by Gasteiger charge is -2.29. The van der Waals surface area contributed by atoms with E-state index >= 15 is 0 Å². The number of halogens is 2. The van der Waals surface area contributed by atoms with Gasteiger partial charge in [-0.2, -0.15) is 10.1 Å². The fraction of sp³-hybridized carbons (Fsp3) is 0.292. The predicted octanol–water partition coefficient (Wildman–Crippen LogP) is 5.41. The summed E-state index contributed by atoms with van der Waals surface area (Å²) in [6.07, 6.45) is 1.17. The van der Waals surface area contributed by atoms with Gasteiger partial charge < -0.3 is 19.5 Å². The molecular formula is C24H24Cl2N4O4. The molecule has 0 bridgehead atoms. The zero-order valence-corrected chi connectivity index (χ0v) is 20.6. The Morgan fingerprint density at radius 3 is 2.68 bits per heavy atom. The average molecular weight is 503 g/mol. The summed E-state index contributed by atoms with van der Waals surface area (Å²) >= 11 is 12.2. The summed E-state index contributed by atoms with van der Waals surface area (Å²) in [5.41, 5.74) is 2.64. The predicted molar refractivity (Wildman–Crippen MR) is 129 cm³/mol. The van der Waals surface area contributed by atoms with Crippen molar-refractivity contribution < 1.29 is 19.0 Å². The molecule has 2 heterocycles. The van der Waals surface area contributed by atoms with Crippen LogP contribution in [0.25, 0.3) is 0 Å². The molecule has 1 aliphatic rings. The lowest BCUT2D eigenvalue weighted by atomic mass is 9.95. The summed E-state index contributed by atoms with van der Waals surface area (Å²) in [4.78, 5) is 17.3. The van der Waals surface area contributed by atoms with Gasteiger partial charge in [0.05, 0.1) is 18.8 Å². The molecule has 178 valence electrons. The Morgan fingerprint density at radius 2 is 1.97 bits per heavy atom. The quantitative estimate of drug-likeness (QED) is 0.431. The first-order valence-corrected chi connectivity index (χ1v) is 11.4. The molecule has 10 heteroatoms. The molecule has 0 spiro atoms. The van der Waals surface area contributed by atoms with Gasteiger partial charge in [0.1, 0.15) is 19.0 Å². The van der Waals surface area contributed by atoms with Crippen molar-refractivity contribution in [3.8, 4) is 11.5 Å². The van der Waals surface area contributed by atoms with Gasteiger partial charge in [-0.1, -0.05) is 35.3 Å². The highest BCUT2D eigenvalue weighted by Crippen LogP contribution is 2.39. The van der Waals surface area contributed by atoms with E-state index in [1.54, 1.807) is 30.0 Å². The third kappa shape index (κ3) is 4.83. The minimum Gasteiger partial charge on any atom is -0.493 e. The van der Waals surface area contributed by atoms with Gasteiger partial charge in [-0.25, -0.2) is 9.48 Å². The van der Waals surface area contributed by atoms with E-state index in [1.807, 2.05) is 39.0 Å². The van der Waals surface area contributed by atoms with Gasteiger partial charge >= 0.3 is 5.97 Å². The van der Waals surface area contributed by atoms with Crippen LogP contribution in [0.15, 0.2) is 54.0 Å². The van der Waals surface area contributed by atoms with Crippen LogP contribution in [0.1, 0.15) is 37.9 Å². The van der Waals surface area contributed by atoms with Crippen molar-refractivity contribution in [3.05, 3.63) is 75.2 Å². The normalized spacial score (nSPS) is 15.1. The van der Waals surface area contributed by atoms with Gasteiger partial charge in [0, 0.05) is 21.3 Å². The van der Waals surface area contributed by atoms with Crippen molar-refractivity contribution in [2.75, 3.05) is 12.4 Å². The Kier molecular flexibility index (Phi) is 7.00. The molecule has 2 aromatic carbocycles. The summed E-state index contributed by atoms with van der Waals surface area (Å²) in [6.45, 7) is 5.66. The molecule has 0 saturated heterocycles. The smallest absolute Gasteiger partial charge is 0.338 e. The summed E-state index contributed by atoms with van der Waals surface area (Å²) in [7, 11) is 1.56. The average Bonchev–Trinajstić information content (AvgIpc) is 3.25. The monoisotopic (exact) mass is 502 g/mol. The summed E-state index contributed by atoms with van der Waals surface area (Å²) in [5.74, 6) is 1.12. The molecule has 1 atom stereocenters. The number of aromatic nitrogens is 3. The van der Waals surface area contributed by atoms with E-state index in [0.29, 0.717) is 38.8 Å². The second kappa shape index (κ2) is 9.95. The van der Waals surface area contributed by atoms with Crippen molar-refractivity contribution in [2.45, 2.75) is 39.5 Å². The van der Waals surface area contributed by atoms with Crippen molar-refractivity contribution in [1.82, 2.24) is 14.8 Å². The standard InChI is InChI=1S/C24H24Cl2N4O4/c1-13(2)34-23(31)21-14(3)29-24-27-12-28-30(24)22(21)15-6-8-19(20(9-15)32-4)33-11-16-5-7-17(25)10-18(16)26/h5-10,12-13,22H,11H2,1-4H3,(H,27,28,29). The summed E-state index contributed by atoms with van der Waals surface area (Å²) in [6, 6.07) is 10.1. The number of fused-ring (bicyclic) bond motifs is 1. The third-order valence-electron chi connectivity index (χ3n) is 5.26. The number of carbonyl (C=O) groups is 1. The topological polar surface area (TPSA) is 87.5 Å². The van der Waals surface area contributed by atoms with E-state index in [1.165, 1.54) is 6.33 Å². The molecule has 0 aliphatic carbocycles. The van der Waals surface area contributed by atoms with Gasteiger partial charge in [-0.05, 0) is 50.6 Å². The third-order valence-corrected chi connectivity index (χ3v) is 5.85. The highest BCUT2D eigenvalue weighted by Gasteiger charge is 2.35. The maximum Gasteiger partial charge on any atom is 0.338 e. The zero-order chi connectivity index (χ0) is 24.4. The summed E-state index contributed by atoms with van der Waals surface area (Å²) < 4.78 is 18.7. The molecule has 8 nitrogen and oxygen atoms in total. The number of benzene rings is 2. The molecule has 1 aliphatic heterocycles. The van der Waals surface area contributed by atoms with Crippen LogP contribution in [0.5, 0.6) is 11.5 Å². The van der Waals surface area contributed by atoms with Gasteiger partial charge in [0.15, 0.2) is 11.5 Å². The largest absolute Gasteiger partial charge is 0.493 e. The Balaban J connectivity index is 1.68. The molecule has 4 rings (SSSR count). The number of carbonyl (C=O) groups excluding carboxylic acids is 1. The number of allylic oxidation sites excluding steroid dienone is 1. The number of rotatable bonds is 7. The number of anilines is 1. The molecule has 0 saturated carbocycles. The molecule has 3 aromatic rings.